The summed E-state index contributed by atoms with van der Waals surface area (Å²) in [6.07, 6.45) is 13.2. The monoisotopic (exact) mass is 636 g/mol. The molecule has 0 amide bonds. The van der Waals surface area contributed by atoms with E-state index in [1.54, 1.807) is 0 Å². The molecule has 0 aromatic heterocycles. The molecule has 0 bridgehead atoms. The molecule has 0 radical (unpaired) electrons. The summed E-state index contributed by atoms with van der Waals surface area (Å²) in [4.78, 5) is 0. The van der Waals surface area contributed by atoms with Gasteiger partial charge in [-0.2, -0.15) is 0 Å². The Hall–Kier alpha value is -0.570. The number of phenolic OH excluding ortho intramolecular Hbond substituents is 1. The Balaban J connectivity index is 0.00000384. The predicted octanol–water partition coefficient (Wildman–Crippen LogP) is 4.82. The fourth-order valence-corrected chi connectivity index (χ4v) is 12.8. The molecular weight excluding hydrogens is 583 g/mol. The molecule has 3 fully saturated rings. The van der Waals surface area contributed by atoms with Crippen LogP contribution in [-0.2, 0) is 22.2 Å². The molecule has 2 N–H and O–H groups in total. The van der Waals surface area contributed by atoms with Crippen molar-refractivity contribution in [1.82, 2.24) is 0 Å². The second-order valence-electron chi connectivity index (χ2n) is 16.9. The summed E-state index contributed by atoms with van der Waals surface area (Å²) in [5, 5.41) is 22.6. The molecule has 4 unspecified atom stereocenters. The molecule has 240 valence electrons. The molecule has 9 atom stereocenters. The van der Waals surface area contributed by atoms with E-state index in [9.17, 15) is 23.2 Å². The maximum atomic E-state index is 11.7. The minimum absolute atomic E-state index is 0. The largest absolute Gasteiger partial charge is 1.00 e. The van der Waals surface area contributed by atoms with Crippen LogP contribution in [0.4, 0.5) is 0 Å². The van der Waals surface area contributed by atoms with E-state index < -0.39 is 15.8 Å². The van der Waals surface area contributed by atoms with E-state index in [1.807, 2.05) is 0 Å². The number of aliphatic hydroxyl groups is 1. The van der Waals surface area contributed by atoms with E-state index in [-0.39, 0.29) is 74.7 Å². The van der Waals surface area contributed by atoms with Crippen molar-refractivity contribution in [3.8, 4) is 11.5 Å². The van der Waals surface area contributed by atoms with Crippen molar-refractivity contribution in [3.05, 3.63) is 34.9 Å². The summed E-state index contributed by atoms with van der Waals surface area (Å²) >= 11 is 0. The molecule has 1 aromatic carbocycles. The Labute approximate surface area is 288 Å². The third-order valence-electron chi connectivity index (χ3n) is 14.5. The van der Waals surface area contributed by atoms with Crippen LogP contribution >= 0.6 is 0 Å². The van der Waals surface area contributed by atoms with Crippen LogP contribution in [0.15, 0.2) is 23.8 Å². The molecule has 3 saturated carbocycles. The van der Waals surface area contributed by atoms with Crippen molar-refractivity contribution in [2.24, 2.45) is 45.3 Å². The minimum atomic E-state index is -4.94. The molecule has 5 aliphatic rings. The predicted molar refractivity (Wildman–Crippen MR) is 167 cm³/mol. The van der Waals surface area contributed by atoms with Gasteiger partial charge in [0.25, 0.3) is 10.4 Å². The number of rotatable bonds is 5. The number of allylic oxidation sites excluding steroid dienone is 2. The molecule has 0 spiro atoms. The van der Waals surface area contributed by atoms with Gasteiger partial charge in [0.2, 0.25) is 0 Å². The second-order valence-corrected chi connectivity index (χ2v) is 17.9. The van der Waals surface area contributed by atoms with Crippen LogP contribution in [-0.4, -0.2) is 29.3 Å². The molecule has 0 saturated heterocycles. The van der Waals surface area contributed by atoms with Gasteiger partial charge in [0, 0.05) is 16.5 Å². The van der Waals surface area contributed by atoms with Gasteiger partial charge in [-0.15, -0.1) is 0 Å². The first kappa shape index (κ1) is 34.8. The van der Waals surface area contributed by atoms with Gasteiger partial charge in [-0.25, -0.2) is 8.42 Å². The molecule has 5 aliphatic carbocycles. The van der Waals surface area contributed by atoms with Gasteiger partial charge in [0.05, 0.1) is 6.10 Å². The number of benzene rings is 1. The van der Waals surface area contributed by atoms with E-state index in [1.165, 1.54) is 24.1 Å². The van der Waals surface area contributed by atoms with Crippen LogP contribution in [0.2, 0.25) is 0 Å². The van der Waals surface area contributed by atoms with E-state index in [0.717, 1.165) is 63.4 Å². The fourth-order valence-electron chi connectivity index (χ4n) is 12.4. The Morgan fingerprint density at radius 2 is 1.57 bits per heavy atom. The van der Waals surface area contributed by atoms with Crippen LogP contribution in [0.25, 0.3) is 0 Å². The van der Waals surface area contributed by atoms with Gasteiger partial charge in [0.15, 0.2) is 0 Å². The van der Waals surface area contributed by atoms with E-state index in [4.69, 9.17) is 4.18 Å². The summed E-state index contributed by atoms with van der Waals surface area (Å²) in [5.41, 5.74) is 2.80. The normalized spacial score (nSPS) is 42.6. The van der Waals surface area contributed by atoms with Crippen molar-refractivity contribution in [3.63, 3.8) is 0 Å². The molecule has 8 heteroatoms. The number of aliphatic hydroxyl groups excluding tert-OH is 1. The smallest absolute Gasteiger partial charge is 0.716 e. The summed E-state index contributed by atoms with van der Waals surface area (Å²) in [5.74, 6) is 1.89. The molecule has 0 heterocycles. The van der Waals surface area contributed by atoms with Crippen LogP contribution in [0.5, 0.6) is 11.5 Å². The topological polar surface area (TPSA) is 107 Å². The van der Waals surface area contributed by atoms with Gasteiger partial charge in [-0.3, -0.25) is 0 Å². The van der Waals surface area contributed by atoms with E-state index >= 15 is 0 Å². The Bertz CT molecular complexity index is 1440. The second kappa shape index (κ2) is 11.3. The first-order valence-corrected chi connectivity index (χ1v) is 18.1. The van der Waals surface area contributed by atoms with Crippen LogP contribution in [0, 0.1) is 45.3 Å². The van der Waals surface area contributed by atoms with Crippen molar-refractivity contribution in [2.75, 3.05) is 0 Å². The van der Waals surface area contributed by atoms with Gasteiger partial charge >= 0.3 is 29.6 Å². The average Bonchev–Trinajstić information content (AvgIpc) is 3.22. The summed E-state index contributed by atoms with van der Waals surface area (Å²) in [6.45, 7) is 16.7. The third kappa shape index (κ3) is 5.17. The maximum absolute atomic E-state index is 11.7. The summed E-state index contributed by atoms with van der Waals surface area (Å²) < 4.78 is 40.0. The number of fused-ring (bicyclic) bond motifs is 7. The fraction of sp³-hybridized carbons (Fsp3) is 0.778. The van der Waals surface area contributed by atoms with Gasteiger partial charge < -0.3 is 18.9 Å². The van der Waals surface area contributed by atoms with Crippen LogP contribution < -0.4 is 33.7 Å². The van der Waals surface area contributed by atoms with Gasteiger partial charge in [-0.05, 0) is 135 Å². The Kier molecular flexibility index (Phi) is 8.89. The number of aromatic hydroxyl groups is 1. The van der Waals surface area contributed by atoms with Gasteiger partial charge in [-0.1, -0.05) is 53.2 Å². The molecule has 6 rings (SSSR count). The van der Waals surface area contributed by atoms with E-state index in [0.29, 0.717) is 29.7 Å². The quantitative estimate of drug-likeness (QED) is 0.208. The van der Waals surface area contributed by atoms with Crippen molar-refractivity contribution in [1.29, 1.82) is 0 Å². The number of phenols is 1. The van der Waals surface area contributed by atoms with Gasteiger partial charge in [0.1, 0.15) is 11.5 Å². The third-order valence-corrected chi connectivity index (χ3v) is 14.9. The van der Waals surface area contributed by atoms with Crippen molar-refractivity contribution in [2.45, 2.75) is 131 Å². The zero-order valence-electron chi connectivity index (χ0n) is 28.3. The number of hydrogen-bond acceptors (Lipinski definition) is 6. The molecule has 0 aliphatic heterocycles. The standard InChI is InChI=1S/C36H54O6S.Na/c1-22-9-8-16-32(2,3)24(22)12-17-35(6)28-13-18-34(5)27(33(28,4)20-15-30(35)38)14-19-36(7)29(34)21-23-25(37)10-11-26(31(23)36)42-43(39,40)41;/h9-11,24,27-30,37-38H,8,12-21H2,1-7H3,(H,39,40,41);/q;+1/p-1/t24-,27?,28?,29?,30?,33-,34-,35+,36+;/m1./s1. The van der Waals surface area contributed by atoms with Crippen molar-refractivity contribution < 1.29 is 56.9 Å². The minimum Gasteiger partial charge on any atom is -0.716 e. The SMILES string of the molecule is CC1=CCCC(C)(C)[C@@H]1CC[C@]1(C)C(O)CC[C@@]2(C)C1CC[C@]1(C)C2CC[C@]2(C)c3c(OS(=O)(=O)[O-])ccc(O)c3CC12.[Na+]. The summed E-state index contributed by atoms with van der Waals surface area (Å²) in [6, 6.07) is 2.92. The van der Waals surface area contributed by atoms with Crippen LogP contribution in [0.3, 0.4) is 0 Å². The Morgan fingerprint density at radius 1 is 0.932 bits per heavy atom. The zero-order chi connectivity index (χ0) is 31.4. The molecular formula is C36H53NaO6S. The average molecular weight is 637 g/mol. The zero-order valence-corrected chi connectivity index (χ0v) is 31.1. The molecule has 1 aromatic rings. The maximum Gasteiger partial charge on any atom is 1.00 e. The number of hydrogen-bond donors (Lipinski definition) is 2. The Morgan fingerprint density at radius 3 is 2.23 bits per heavy atom. The summed E-state index contributed by atoms with van der Waals surface area (Å²) in [7, 11) is -4.94. The van der Waals surface area contributed by atoms with E-state index in [2.05, 4.69) is 54.5 Å². The first-order chi connectivity index (χ1) is 19.9. The van der Waals surface area contributed by atoms with Crippen LogP contribution in [0.1, 0.15) is 124 Å². The molecule has 6 nitrogen and oxygen atoms in total. The first-order valence-electron chi connectivity index (χ1n) is 16.7. The van der Waals surface area contributed by atoms with Crippen molar-refractivity contribution >= 4 is 10.4 Å². The molecule has 44 heavy (non-hydrogen) atoms.